The maximum atomic E-state index is 12.5. The van der Waals surface area contributed by atoms with Crippen molar-refractivity contribution in [2.24, 2.45) is 10.4 Å². The monoisotopic (exact) mass is 301 g/mol. The summed E-state index contributed by atoms with van der Waals surface area (Å²) >= 11 is 1.65. The van der Waals surface area contributed by atoms with Crippen LogP contribution in [-0.4, -0.2) is 28.6 Å². The summed E-state index contributed by atoms with van der Waals surface area (Å²) < 4.78 is 0. The van der Waals surface area contributed by atoms with E-state index in [-0.39, 0.29) is 11.9 Å². The van der Waals surface area contributed by atoms with Crippen LogP contribution in [0.15, 0.2) is 46.9 Å². The van der Waals surface area contributed by atoms with Crippen molar-refractivity contribution < 1.29 is 4.79 Å². The van der Waals surface area contributed by atoms with Crippen LogP contribution in [0.4, 0.5) is 5.69 Å². The summed E-state index contributed by atoms with van der Waals surface area (Å²) in [5.41, 5.74) is 0.394. The van der Waals surface area contributed by atoms with Gasteiger partial charge in [0.1, 0.15) is 0 Å². The predicted molar refractivity (Wildman–Crippen MR) is 88.1 cm³/mol. The Morgan fingerprint density at radius 2 is 2.19 bits per heavy atom. The molecule has 2 heterocycles. The number of aliphatic imine (C=N–C) groups is 1. The lowest BCUT2D eigenvalue weighted by Gasteiger charge is -2.26. The highest BCUT2D eigenvalue weighted by Crippen LogP contribution is 2.32. The zero-order valence-corrected chi connectivity index (χ0v) is 13.1. The molecular formula is C16H19N3OS. The largest absolute Gasteiger partial charge is 0.326 e. The molecule has 0 saturated heterocycles. The minimum absolute atomic E-state index is 0.0455. The van der Waals surface area contributed by atoms with E-state index in [1.54, 1.807) is 11.8 Å². The Balaban J connectivity index is 1.61. The Hall–Kier alpha value is -1.75. The molecule has 0 radical (unpaired) electrons. The van der Waals surface area contributed by atoms with Crippen molar-refractivity contribution in [2.75, 3.05) is 11.9 Å². The Morgan fingerprint density at radius 3 is 2.90 bits per heavy atom. The van der Waals surface area contributed by atoms with Gasteiger partial charge in [0, 0.05) is 23.8 Å². The van der Waals surface area contributed by atoms with Gasteiger partial charge in [0.25, 0.3) is 0 Å². The molecule has 0 aromatic heterocycles. The third-order valence-corrected chi connectivity index (χ3v) is 4.56. The van der Waals surface area contributed by atoms with Gasteiger partial charge in [-0.1, -0.05) is 43.8 Å². The number of thioether (sulfide) groups is 1. The molecular weight excluding hydrogens is 282 g/mol. The van der Waals surface area contributed by atoms with Crippen molar-refractivity contribution in [3.63, 3.8) is 0 Å². The summed E-state index contributed by atoms with van der Waals surface area (Å²) in [5, 5.41) is 6.09. The summed E-state index contributed by atoms with van der Waals surface area (Å²) in [7, 11) is 0. The highest BCUT2D eigenvalue weighted by molar-refractivity contribution is 8.16. The van der Waals surface area contributed by atoms with Crippen LogP contribution in [-0.2, 0) is 4.79 Å². The van der Waals surface area contributed by atoms with Gasteiger partial charge in [-0.3, -0.25) is 9.79 Å². The van der Waals surface area contributed by atoms with Crippen LogP contribution in [0.25, 0.3) is 0 Å². The standard InChI is InChI=1S/C16H19N3OS/c1-16(2,14(20)17-12-6-4-3-5-7-12)10-13-11-19-8-9-21-15(19)18-13/h3-9,13H,10-11H2,1-2H3,(H,17,20). The second kappa shape index (κ2) is 5.56. The summed E-state index contributed by atoms with van der Waals surface area (Å²) in [6, 6.07) is 9.78. The van der Waals surface area contributed by atoms with Gasteiger partial charge in [0.15, 0.2) is 5.17 Å². The number of amidine groups is 1. The fourth-order valence-electron chi connectivity index (χ4n) is 2.58. The van der Waals surface area contributed by atoms with Gasteiger partial charge < -0.3 is 10.2 Å². The van der Waals surface area contributed by atoms with Crippen molar-refractivity contribution >= 4 is 28.5 Å². The van der Waals surface area contributed by atoms with Gasteiger partial charge in [-0.05, 0) is 24.0 Å². The second-order valence-corrected chi connectivity index (χ2v) is 6.90. The van der Waals surface area contributed by atoms with E-state index in [0.717, 1.165) is 23.8 Å². The summed E-state index contributed by atoms with van der Waals surface area (Å²) in [6.45, 7) is 4.84. The maximum absolute atomic E-state index is 12.5. The van der Waals surface area contributed by atoms with Gasteiger partial charge in [-0.15, -0.1) is 0 Å². The first kappa shape index (κ1) is 14.2. The smallest absolute Gasteiger partial charge is 0.230 e. The zero-order chi connectivity index (χ0) is 14.9. The number of carbonyl (C=O) groups excluding carboxylic acids is 1. The quantitative estimate of drug-likeness (QED) is 0.928. The first-order valence-electron chi connectivity index (χ1n) is 7.09. The number of hydrogen-bond donors (Lipinski definition) is 1. The van der Waals surface area contributed by atoms with Gasteiger partial charge in [-0.25, -0.2) is 0 Å². The molecule has 0 saturated carbocycles. The number of para-hydroxylation sites is 1. The molecule has 0 aliphatic carbocycles. The molecule has 1 atom stereocenters. The molecule has 1 amide bonds. The number of fused-ring (bicyclic) bond motifs is 1. The lowest BCUT2D eigenvalue weighted by molar-refractivity contribution is -0.124. The van der Waals surface area contributed by atoms with E-state index in [9.17, 15) is 4.79 Å². The molecule has 2 aliphatic rings. The molecule has 1 aromatic rings. The first-order valence-corrected chi connectivity index (χ1v) is 7.97. The van der Waals surface area contributed by atoms with E-state index in [1.165, 1.54) is 0 Å². The third-order valence-electron chi connectivity index (χ3n) is 3.75. The van der Waals surface area contributed by atoms with Crippen LogP contribution in [0, 0.1) is 5.41 Å². The van der Waals surface area contributed by atoms with Crippen molar-refractivity contribution in [1.29, 1.82) is 0 Å². The number of nitrogens with one attached hydrogen (secondary N) is 1. The third kappa shape index (κ3) is 3.13. The van der Waals surface area contributed by atoms with E-state index >= 15 is 0 Å². The Morgan fingerprint density at radius 1 is 1.43 bits per heavy atom. The molecule has 21 heavy (non-hydrogen) atoms. The molecule has 1 unspecified atom stereocenters. The molecule has 0 spiro atoms. The molecule has 5 heteroatoms. The zero-order valence-electron chi connectivity index (χ0n) is 12.2. The van der Waals surface area contributed by atoms with Gasteiger partial charge in [0.05, 0.1) is 6.04 Å². The van der Waals surface area contributed by atoms with Crippen molar-refractivity contribution in [1.82, 2.24) is 4.90 Å². The Kier molecular flexibility index (Phi) is 3.76. The number of rotatable bonds is 4. The van der Waals surface area contributed by atoms with E-state index in [2.05, 4.69) is 21.4 Å². The van der Waals surface area contributed by atoms with Crippen LogP contribution < -0.4 is 5.32 Å². The fraction of sp³-hybridized carbons (Fsp3) is 0.375. The molecule has 1 aromatic carbocycles. The van der Waals surface area contributed by atoms with Crippen LogP contribution in [0.5, 0.6) is 0 Å². The lowest BCUT2D eigenvalue weighted by Crippen LogP contribution is -2.35. The number of carbonyl (C=O) groups is 1. The topological polar surface area (TPSA) is 44.7 Å². The molecule has 1 N–H and O–H groups in total. The van der Waals surface area contributed by atoms with Crippen LogP contribution in [0.1, 0.15) is 20.3 Å². The lowest BCUT2D eigenvalue weighted by atomic mass is 9.84. The number of nitrogens with zero attached hydrogens (tertiary/aromatic N) is 2. The summed E-state index contributed by atoms with van der Waals surface area (Å²) in [6.07, 6.45) is 2.81. The van der Waals surface area contributed by atoms with Gasteiger partial charge in [-0.2, -0.15) is 0 Å². The second-order valence-electron chi connectivity index (χ2n) is 6.03. The average Bonchev–Trinajstić information content (AvgIpc) is 3.00. The van der Waals surface area contributed by atoms with Gasteiger partial charge >= 0.3 is 0 Å². The van der Waals surface area contributed by atoms with Crippen molar-refractivity contribution in [3.05, 3.63) is 41.9 Å². The van der Waals surface area contributed by atoms with Crippen LogP contribution >= 0.6 is 11.8 Å². The van der Waals surface area contributed by atoms with E-state index < -0.39 is 5.41 Å². The predicted octanol–water partition coefficient (Wildman–Crippen LogP) is 3.30. The minimum Gasteiger partial charge on any atom is -0.326 e. The average molecular weight is 301 g/mol. The highest BCUT2D eigenvalue weighted by atomic mass is 32.2. The van der Waals surface area contributed by atoms with E-state index in [0.29, 0.717) is 0 Å². The van der Waals surface area contributed by atoms with E-state index in [1.807, 2.05) is 49.6 Å². The highest BCUT2D eigenvalue weighted by Gasteiger charge is 2.35. The number of benzene rings is 1. The fourth-order valence-corrected chi connectivity index (χ4v) is 3.39. The number of hydrogen-bond acceptors (Lipinski definition) is 4. The molecule has 0 bridgehead atoms. The SMILES string of the molecule is CC(C)(CC1CN2C=CSC2=N1)C(=O)Nc1ccccc1. The minimum atomic E-state index is -0.446. The van der Waals surface area contributed by atoms with Crippen LogP contribution in [0.2, 0.25) is 0 Å². The number of amides is 1. The molecule has 2 aliphatic heterocycles. The number of anilines is 1. The van der Waals surface area contributed by atoms with Crippen molar-refractivity contribution in [3.8, 4) is 0 Å². The molecule has 3 rings (SSSR count). The molecule has 0 fully saturated rings. The Labute approximate surface area is 129 Å². The van der Waals surface area contributed by atoms with E-state index in [4.69, 9.17) is 0 Å². The maximum Gasteiger partial charge on any atom is 0.230 e. The molecule has 4 nitrogen and oxygen atoms in total. The van der Waals surface area contributed by atoms with Crippen molar-refractivity contribution in [2.45, 2.75) is 26.3 Å². The summed E-state index contributed by atoms with van der Waals surface area (Å²) in [5.74, 6) is 0.0455. The van der Waals surface area contributed by atoms with Crippen LogP contribution in [0.3, 0.4) is 0 Å². The Bertz CT molecular complexity index is 595. The first-order chi connectivity index (χ1) is 10.0. The summed E-state index contributed by atoms with van der Waals surface area (Å²) in [4.78, 5) is 19.3. The van der Waals surface area contributed by atoms with Gasteiger partial charge in [0.2, 0.25) is 5.91 Å². The normalized spacial score (nSPS) is 20.4. The molecule has 110 valence electrons.